The second kappa shape index (κ2) is 10.9. The highest BCUT2D eigenvalue weighted by atomic mass is 16.6. The fourth-order valence-electron chi connectivity index (χ4n) is 11.6. The third kappa shape index (κ3) is 3.74. The van der Waals surface area contributed by atoms with Gasteiger partial charge >= 0.3 is 5.97 Å². The summed E-state index contributed by atoms with van der Waals surface area (Å²) in [6, 6.07) is 4.96. The molecule has 4 saturated carbocycles. The topological polar surface area (TPSA) is 125 Å². The van der Waals surface area contributed by atoms with Crippen molar-refractivity contribution in [3.63, 3.8) is 0 Å². The van der Waals surface area contributed by atoms with Crippen molar-refractivity contribution >= 4 is 5.97 Å². The van der Waals surface area contributed by atoms with E-state index in [9.17, 15) is 15.0 Å². The maximum Gasteiger partial charge on any atom is 0.338 e. The van der Waals surface area contributed by atoms with Crippen LogP contribution in [0.2, 0.25) is 0 Å². The molecule has 13 atom stereocenters. The summed E-state index contributed by atoms with van der Waals surface area (Å²) in [5, 5.41) is 24.6. The summed E-state index contributed by atoms with van der Waals surface area (Å²) in [5.74, 6) is -0.235. The first-order chi connectivity index (χ1) is 21.7. The normalized spacial score (nSPS) is 45.7. The zero-order valence-corrected chi connectivity index (χ0v) is 27.2. The van der Waals surface area contributed by atoms with Crippen LogP contribution in [0, 0.1) is 34.5 Å². The predicted molar refractivity (Wildman–Crippen MR) is 161 cm³/mol. The highest BCUT2D eigenvalue weighted by Crippen LogP contribution is 2.78. The number of hydrogen-bond acceptors (Lipinski definition) is 11. The molecular formula is C34H47NO10. The smallest absolute Gasteiger partial charge is 0.338 e. The number of fused-ring (bicyclic) bond motifs is 2. The summed E-state index contributed by atoms with van der Waals surface area (Å²) < 4.78 is 42.0. The van der Waals surface area contributed by atoms with Gasteiger partial charge < -0.3 is 43.4 Å². The Morgan fingerprint density at radius 1 is 1.02 bits per heavy atom. The zero-order valence-electron chi connectivity index (χ0n) is 27.2. The van der Waals surface area contributed by atoms with Crippen LogP contribution < -0.4 is 9.47 Å². The van der Waals surface area contributed by atoms with Gasteiger partial charge in [-0.3, -0.25) is 4.90 Å². The van der Waals surface area contributed by atoms with E-state index in [1.54, 1.807) is 46.6 Å². The lowest BCUT2D eigenvalue weighted by Gasteiger charge is -2.68. The molecule has 1 heterocycles. The molecule has 0 amide bonds. The molecule has 7 bridgehead atoms. The molecular weight excluding hydrogens is 582 g/mol. The van der Waals surface area contributed by atoms with Gasteiger partial charge in [0.05, 0.1) is 44.7 Å². The predicted octanol–water partition coefficient (Wildman–Crippen LogP) is 1.93. The Kier molecular flexibility index (Phi) is 7.60. The van der Waals surface area contributed by atoms with Gasteiger partial charge in [0.25, 0.3) is 0 Å². The molecule has 0 radical (unpaired) electrons. The Balaban J connectivity index is 1.39. The van der Waals surface area contributed by atoms with Crippen molar-refractivity contribution < 1.29 is 48.2 Å². The second-order valence-electron chi connectivity index (χ2n) is 13.9. The van der Waals surface area contributed by atoms with Crippen LogP contribution in [-0.2, 0) is 23.7 Å². The number of rotatable bonds is 10. The number of esters is 1. The van der Waals surface area contributed by atoms with Crippen LogP contribution in [0.25, 0.3) is 0 Å². The molecule has 1 saturated heterocycles. The second-order valence-corrected chi connectivity index (χ2v) is 13.9. The van der Waals surface area contributed by atoms with Gasteiger partial charge in [0.2, 0.25) is 0 Å². The minimum Gasteiger partial charge on any atom is -0.493 e. The van der Waals surface area contributed by atoms with Crippen molar-refractivity contribution in [2.24, 2.45) is 34.5 Å². The van der Waals surface area contributed by atoms with E-state index in [1.165, 1.54) is 14.2 Å². The fraction of sp³-hybridized carbons (Fsp3) is 0.735. The molecule has 11 nitrogen and oxygen atoms in total. The van der Waals surface area contributed by atoms with Crippen LogP contribution in [-0.4, -0.2) is 126 Å². The summed E-state index contributed by atoms with van der Waals surface area (Å²) in [6.07, 6.45) is 0.141. The molecule has 1 aromatic rings. The molecule has 5 aliphatic carbocycles. The van der Waals surface area contributed by atoms with Gasteiger partial charge in [-0.25, -0.2) is 4.79 Å². The van der Waals surface area contributed by atoms with Gasteiger partial charge in [0.15, 0.2) is 11.5 Å². The number of likely N-dealkylation sites (tertiary alicyclic amines) is 1. The van der Waals surface area contributed by atoms with Gasteiger partial charge in [-0.2, -0.15) is 0 Å². The van der Waals surface area contributed by atoms with Crippen molar-refractivity contribution in [1.29, 1.82) is 0 Å². The van der Waals surface area contributed by atoms with Gasteiger partial charge in [-0.15, -0.1) is 0 Å². The number of nitrogens with zero attached hydrogens (tertiary/aromatic N) is 1. The summed E-state index contributed by atoms with van der Waals surface area (Å²) in [7, 11) is 9.83. The molecule has 0 aromatic heterocycles. The number of piperidine rings is 1. The first-order valence-corrected chi connectivity index (χ1v) is 16.0. The molecule has 11 heteroatoms. The lowest BCUT2D eigenvalue weighted by molar-refractivity contribution is -0.275. The number of aliphatic hydroxyl groups is 2. The van der Waals surface area contributed by atoms with E-state index in [4.69, 9.17) is 33.2 Å². The van der Waals surface area contributed by atoms with Crippen molar-refractivity contribution in [3.8, 4) is 11.5 Å². The number of aliphatic hydroxyl groups excluding tert-OH is 1. The Morgan fingerprint density at radius 2 is 1.78 bits per heavy atom. The quantitative estimate of drug-likeness (QED) is 0.291. The first-order valence-electron chi connectivity index (χ1n) is 16.0. The third-order valence-corrected chi connectivity index (χ3v) is 12.8. The first kappa shape index (κ1) is 31.4. The molecule has 1 aliphatic heterocycles. The Bertz CT molecular complexity index is 1370. The lowest BCUT2D eigenvalue weighted by Crippen LogP contribution is -2.76. The maximum atomic E-state index is 13.9. The molecule has 6 aliphatic rings. The molecule has 2 N–H and O–H groups in total. The zero-order chi connectivity index (χ0) is 32.1. The molecule has 45 heavy (non-hydrogen) atoms. The van der Waals surface area contributed by atoms with E-state index < -0.39 is 40.7 Å². The van der Waals surface area contributed by atoms with Crippen LogP contribution in [0.1, 0.15) is 30.1 Å². The average molecular weight is 630 g/mol. The highest BCUT2D eigenvalue weighted by molar-refractivity contribution is 5.90. The lowest BCUT2D eigenvalue weighted by atomic mass is 9.43. The fourth-order valence-corrected chi connectivity index (χ4v) is 11.6. The van der Waals surface area contributed by atoms with Crippen molar-refractivity contribution in [3.05, 3.63) is 35.4 Å². The Morgan fingerprint density at radius 3 is 2.40 bits per heavy atom. The summed E-state index contributed by atoms with van der Waals surface area (Å²) >= 11 is 0. The van der Waals surface area contributed by atoms with E-state index in [0.29, 0.717) is 43.1 Å². The SMILES string of the molecule is CCN1C[C@]2(COC)[C@H](O)C[C@H](OC)[C@@]34C1[C@@H](C1=C[C@H](OC)[C@@]5(O)C[C@@H]3[C@@H]1[C@H]5OC(=O)c1ccc(OC)c(OC)c1)[C@H](OC)[C@H]24. The van der Waals surface area contributed by atoms with Crippen LogP contribution in [0.4, 0.5) is 0 Å². The maximum absolute atomic E-state index is 13.9. The van der Waals surface area contributed by atoms with E-state index in [1.807, 2.05) is 0 Å². The monoisotopic (exact) mass is 629 g/mol. The Hall–Kier alpha value is -2.25. The van der Waals surface area contributed by atoms with E-state index in [-0.39, 0.29) is 41.9 Å². The number of methoxy groups -OCH3 is 6. The van der Waals surface area contributed by atoms with E-state index in [0.717, 1.165) is 12.1 Å². The number of carbonyl (C=O) groups excluding carboxylic acids is 1. The number of hydrogen-bond donors (Lipinski definition) is 2. The number of carbonyl (C=O) groups is 1. The van der Waals surface area contributed by atoms with Crippen LogP contribution >= 0.6 is 0 Å². The van der Waals surface area contributed by atoms with Crippen molar-refractivity contribution in [2.45, 2.75) is 61.9 Å². The summed E-state index contributed by atoms with van der Waals surface area (Å²) in [4.78, 5) is 16.4. The van der Waals surface area contributed by atoms with Gasteiger partial charge in [-0.05, 0) is 37.1 Å². The van der Waals surface area contributed by atoms with Crippen molar-refractivity contribution in [1.82, 2.24) is 4.90 Å². The highest BCUT2D eigenvalue weighted by Gasteiger charge is 2.85. The minimum atomic E-state index is -1.47. The molecule has 1 spiro atoms. The van der Waals surface area contributed by atoms with Gasteiger partial charge in [0.1, 0.15) is 17.8 Å². The Labute approximate surface area is 264 Å². The van der Waals surface area contributed by atoms with E-state index >= 15 is 0 Å². The summed E-state index contributed by atoms with van der Waals surface area (Å²) in [6.45, 7) is 4.00. The van der Waals surface area contributed by atoms with Gasteiger partial charge in [0, 0.05) is 76.0 Å². The number of ether oxygens (including phenoxy) is 7. The van der Waals surface area contributed by atoms with Crippen molar-refractivity contribution in [2.75, 3.05) is 62.4 Å². The third-order valence-electron chi connectivity index (χ3n) is 12.8. The van der Waals surface area contributed by atoms with Crippen LogP contribution in [0.3, 0.4) is 0 Å². The molecule has 5 fully saturated rings. The molecule has 1 aromatic carbocycles. The average Bonchev–Trinajstić information content (AvgIpc) is 3.39. The standard InChI is InChI=1S/C34H47NO10/c1-8-35-15-32(16-39-2)22(36)13-24(43-6)34-19-14-33(38)23(42-5)12-18(26(29(34)35)27(44-7)28(32)34)25(19)30(33)45-31(37)17-9-10-20(40-3)21(11-17)41-4/h9-12,19,22-30,36,38H,8,13-16H2,1-7H3/t19-,22-,23+,24+,25-,26+,27+,28-,29?,30-,32+,33+,34+/m1/s1. The molecule has 248 valence electrons. The largest absolute Gasteiger partial charge is 0.493 e. The van der Waals surface area contributed by atoms with Crippen LogP contribution in [0.15, 0.2) is 29.8 Å². The van der Waals surface area contributed by atoms with Crippen LogP contribution in [0.5, 0.6) is 11.5 Å². The van der Waals surface area contributed by atoms with Gasteiger partial charge in [-0.1, -0.05) is 18.6 Å². The van der Waals surface area contributed by atoms with E-state index in [2.05, 4.69) is 17.9 Å². The minimum absolute atomic E-state index is 0.0486. The summed E-state index contributed by atoms with van der Waals surface area (Å²) in [5.41, 5.74) is -1.17. The molecule has 7 rings (SSSR count). The number of benzene rings is 1. The molecule has 1 unspecified atom stereocenters.